The average Bonchev–Trinajstić information content (AvgIpc) is 3.13. The maximum Gasteiger partial charge on any atom is 0.214 e. The first-order chi connectivity index (χ1) is 13.2. The predicted octanol–water partition coefficient (Wildman–Crippen LogP) is 2.43. The van der Waals surface area contributed by atoms with Gasteiger partial charge < -0.3 is 4.90 Å². The van der Waals surface area contributed by atoms with Crippen LogP contribution in [0.25, 0.3) is 0 Å². The summed E-state index contributed by atoms with van der Waals surface area (Å²) in [5, 5.41) is 12.9. The van der Waals surface area contributed by atoms with Gasteiger partial charge in [-0.05, 0) is 41.7 Å². The van der Waals surface area contributed by atoms with Crippen LogP contribution in [0.4, 0.5) is 0 Å². The van der Waals surface area contributed by atoms with Crippen molar-refractivity contribution in [1.29, 1.82) is 0 Å². The number of nitrogens with one attached hydrogen (secondary N) is 1. The molecular weight excluding hydrogens is 334 g/mol. The van der Waals surface area contributed by atoms with Crippen molar-refractivity contribution in [2.75, 3.05) is 13.1 Å². The average molecular weight is 363 g/mol. The summed E-state index contributed by atoms with van der Waals surface area (Å²) in [5.41, 5.74) is 3.80. The van der Waals surface area contributed by atoms with Gasteiger partial charge in [-0.25, -0.2) is 4.68 Å². The molecule has 0 spiro atoms. The molecule has 0 amide bonds. The van der Waals surface area contributed by atoms with Gasteiger partial charge in [-0.15, -0.1) is 5.10 Å². The Morgan fingerprint density at radius 2 is 1.74 bits per heavy atom. The Morgan fingerprint density at radius 3 is 2.44 bits per heavy atom. The molecule has 0 saturated carbocycles. The highest BCUT2D eigenvalue weighted by Crippen LogP contribution is 2.20. The lowest BCUT2D eigenvalue weighted by atomic mass is 9.95. The summed E-state index contributed by atoms with van der Waals surface area (Å²) in [6.07, 6.45) is 2.52. The maximum absolute atomic E-state index is 4.49. The van der Waals surface area contributed by atoms with Crippen LogP contribution < -0.4 is 4.90 Å². The van der Waals surface area contributed by atoms with E-state index in [1.807, 2.05) is 10.7 Å². The van der Waals surface area contributed by atoms with Crippen LogP contribution in [0.15, 0.2) is 54.6 Å². The second-order valence-corrected chi connectivity index (χ2v) is 7.86. The Kier molecular flexibility index (Phi) is 5.30. The summed E-state index contributed by atoms with van der Waals surface area (Å²) in [5.74, 6) is 1.78. The Hall–Kier alpha value is -2.53. The first-order valence-electron chi connectivity index (χ1n) is 9.92. The molecule has 2 aromatic carbocycles. The molecule has 1 aromatic heterocycles. The highest BCUT2D eigenvalue weighted by atomic mass is 15.5. The number of nitrogens with zero attached hydrogens (tertiary/aromatic N) is 4. The first-order valence-corrected chi connectivity index (χ1v) is 9.92. The zero-order valence-corrected chi connectivity index (χ0v) is 16.2. The summed E-state index contributed by atoms with van der Waals surface area (Å²) in [7, 11) is 0. The van der Waals surface area contributed by atoms with E-state index in [9.17, 15) is 0 Å². The fraction of sp³-hybridized carbons (Fsp3) is 0.409. The van der Waals surface area contributed by atoms with Gasteiger partial charge >= 0.3 is 0 Å². The summed E-state index contributed by atoms with van der Waals surface area (Å²) in [6, 6.07) is 19.5. The first kappa shape index (κ1) is 17.9. The molecule has 4 rings (SSSR count). The molecule has 2 heterocycles. The molecule has 5 nitrogen and oxygen atoms in total. The molecule has 1 fully saturated rings. The number of rotatable bonds is 5. The van der Waals surface area contributed by atoms with E-state index in [4.69, 9.17) is 0 Å². The number of piperidine rings is 1. The Balaban J connectivity index is 1.69. The van der Waals surface area contributed by atoms with Crippen LogP contribution in [0, 0.1) is 12.8 Å². The predicted molar refractivity (Wildman–Crippen MR) is 105 cm³/mol. The van der Waals surface area contributed by atoms with Crippen molar-refractivity contribution in [3.63, 3.8) is 0 Å². The summed E-state index contributed by atoms with van der Waals surface area (Å²) >= 11 is 0. The topological polar surface area (TPSA) is 48.0 Å². The highest BCUT2D eigenvalue weighted by Gasteiger charge is 2.33. The second-order valence-electron chi connectivity index (χ2n) is 7.86. The van der Waals surface area contributed by atoms with Crippen molar-refractivity contribution in [1.82, 2.24) is 20.2 Å². The third-order valence-electron chi connectivity index (χ3n) is 5.73. The van der Waals surface area contributed by atoms with E-state index in [-0.39, 0.29) is 6.04 Å². The number of likely N-dealkylation sites (tertiary alicyclic amines) is 1. The summed E-state index contributed by atoms with van der Waals surface area (Å²) < 4.78 is 1.98. The zero-order valence-electron chi connectivity index (χ0n) is 16.2. The quantitative estimate of drug-likeness (QED) is 0.758. The number of aryl methyl sites for hydroxylation is 1. The van der Waals surface area contributed by atoms with Crippen LogP contribution >= 0.6 is 0 Å². The lowest BCUT2D eigenvalue weighted by Crippen LogP contribution is -3.13. The zero-order chi connectivity index (χ0) is 18.6. The second kappa shape index (κ2) is 8.01. The van der Waals surface area contributed by atoms with E-state index < -0.39 is 0 Å². The monoisotopic (exact) mass is 362 g/mol. The van der Waals surface area contributed by atoms with Gasteiger partial charge in [-0.3, -0.25) is 0 Å². The number of hydrogen-bond donors (Lipinski definition) is 1. The van der Waals surface area contributed by atoms with E-state index in [1.54, 1.807) is 4.90 Å². The molecule has 27 heavy (non-hydrogen) atoms. The van der Waals surface area contributed by atoms with Gasteiger partial charge in [0.25, 0.3) is 0 Å². The minimum atomic E-state index is 0.178. The normalized spacial score (nSPS) is 21.1. The van der Waals surface area contributed by atoms with Crippen molar-refractivity contribution >= 4 is 0 Å². The largest absolute Gasteiger partial charge is 0.322 e. The van der Waals surface area contributed by atoms with Crippen molar-refractivity contribution in [3.8, 4) is 0 Å². The van der Waals surface area contributed by atoms with Crippen LogP contribution in [0.5, 0.6) is 0 Å². The molecule has 1 N–H and O–H groups in total. The maximum atomic E-state index is 4.49. The van der Waals surface area contributed by atoms with Crippen molar-refractivity contribution in [3.05, 3.63) is 77.1 Å². The lowest BCUT2D eigenvalue weighted by molar-refractivity contribution is -0.932. The molecule has 0 unspecified atom stereocenters. The van der Waals surface area contributed by atoms with Crippen molar-refractivity contribution in [2.45, 2.75) is 39.3 Å². The standard InChI is InChI=1S/C22H27N5/c1-17-8-10-20(11-9-17)21(26-14-12-18(2)13-15-26)22-23-24-25-27(22)16-19-6-4-3-5-7-19/h3-11,18,21H,12-16H2,1-2H3/p+1/t21-/m0/s1. The SMILES string of the molecule is Cc1ccc([C@@H](c2nnnn2Cc2ccccc2)[NH+]2CCC(C)CC2)cc1. The smallest absolute Gasteiger partial charge is 0.214 e. The number of quaternary nitrogens is 1. The third-order valence-corrected chi connectivity index (χ3v) is 5.73. The molecule has 1 aliphatic heterocycles. The molecule has 3 aromatic rings. The van der Waals surface area contributed by atoms with Crippen LogP contribution in [-0.2, 0) is 6.54 Å². The fourth-order valence-electron chi connectivity index (χ4n) is 4.04. The van der Waals surface area contributed by atoms with Crippen molar-refractivity contribution in [2.24, 2.45) is 5.92 Å². The van der Waals surface area contributed by atoms with Gasteiger partial charge in [0, 0.05) is 5.56 Å². The number of hydrogen-bond acceptors (Lipinski definition) is 3. The van der Waals surface area contributed by atoms with Crippen molar-refractivity contribution < 1.29 is 4.90 Å². The Labute approximate surface area is 161 Å². The van der Waals surface area contributed by atoms with E-state index in [1.165, 1.54) is 29.5 Å². The summed E-state index contributed by atoms with van der Waals surface area (Å²) in [4.78, 5) is 1.57. The van der Waals surface area contributed by atoms with Gasteiger partial charge in [0.05, 0.1) is 19.6 Å². The van der Waals surface area contributed by atoms with Crippen LogP contribution in [0.3, 0.4) is 0 Å². The van der Waals surface area contributed by atoms with E-state index in [0.717, 1.165) is 24.8 Å². The van der Waals surface area contributed by atoms with Gasteiger partial charge in [0.1, 0.15) is 0 Å². The third kappa shape index (κ3) is 4.08. The molecule has 0 bridgehead atoms. The molecule has 140 valence electrons. The van der Waals surface area contributed by atoms with E-state index in [2.05, 4.69) is 77.9 Å². The molecular formula is C22H28N5+. The van der Waals surface area contributed by atoms with Gasteiger partial charge in [-0.2, -0.15) is 0 Å². The number of aromatic nitrogens is 4. The number of benzene rings is 2. The van der Waals surface area contributed by atoms with E-state index >= 15 is 0 Å². The number of tetrazole rings is 1. The van der Waals surface area contributed by atoms with Crippen LogP contribution in [0.2, 0.25) is 0 Å². The molecule has 5 heteroatoms. The molecule has 1 atom stereocenters. The Bertz CT molecular complexity index is 848. The van der Waals surface area contributed by atoms with Gasteiger partial charge in [0.2, 0.25) is 5.82 Å². The Morgan fingerprint density at radius 1 is 1.04 bits per heavy atom. The minimum Gasteiger partial charge on any atom is -0.322 e. The summed E-state index contributed by atoms with van der Waals surface area (Å²) in [6.45, 7) is 7.52. The van der Waals surface area contributed by atoms with Gasteiger partial charge in [-0.1, -0.05) is 67.1 Å². The van der Waals surface area contributed by atoms with Crippen LogP contribution in [0.1, 0.15) is 48.3 Å². The van der Waals surface area contributed by atoms with Crippen LogP contribution in [-0.4, -0.2) is 33.3 Å². The fourth-order valence-corrected chi connectivity index (χ4v) is 4.04. The highest BCUT2D eigenvalue weighted by molar-refractivity contribution is 5.26. The molecule has 1 aliphatic rings. The van der Waals surface area contributed by atoms with Gasteiger partial charge in [0.15, 0.2) is 6.04 Å². The van der Waals surface area contributed by atoms with E-state index in [0.29, 0.717) is 6.54 Å². The minimum absolute atomic E-state index is 0.178. The molecule has 0 aliphatic carbocycles. The molecule has 1 saturated heterocycles. The lowest BCUT2D eigenvalue weighted by Gasteiger charge is -2.33. The molecule has 0 radical (unpaired) electrons.